The first-order valence-corrected chi connectivity index (χ1v) is 42.1. The topological polar surface area (TPSA) is 237 Å². The Hall–Kier alpha value is -4.28. The van der Waals surface area contributed by atoms with Crippen LogP contribution in [0.15, 0.2) is 109 Å². The fourth-order valence-corrected chi connectivity index (χ4v) is 11.8. The molecule has 0 radical (unpaired) electrons. The number of unbranched alkanes of at least 4 members (excludes halogenated alkanes) is 29. The molecule has 2 unspecified atom stereocenters. The van der Waals surface area contributed by atoms with Crippen molar-refractivity contribution in [1.29, 1.82) is 0 Å². The van der Waals surface area contributed by atoms with Gasteiger partial charge in [0.1, 0.15) is 19.3 Å². The fraction of sp³-hybridized carbons (Fsp3) is 0.728. The zero-order chi connectivity index (χ0) is 73.2. The van der Waals surface area contributed by atoms with Crippen LogP contribution < -0.4 is 0 Å². The predicted octanol–water partition coefficient (Wildman–Crippen LogP) is 22.6. The van der Waals surface area contributed by atoms with E-state index < -0.39 is 97.5 Å². The molecule has 0 aliphatic rings. The molecule has 0 saturated heterocycles. The van der Waals surface area contributed by atoms with Gasteiger partial charge in [0, 0.05) is 25.7 Å². The molecule has 0 aromatic heterocycles. The number of aliphatic hydroxyl groups excluding tert-OH is 1. The van der Waals surface area contributed by atoms with Gasteiger partial charge in [-0.25, -0.2) is 9.13 Å². The van der Waals surface area contributed by atoms with Crippen LogP contribution >= 0.6 is 15.6 Å². The molecule has 0 aromatic carbocycles. The van der Waals surface area contributed by atoms with Crippen LogP contribution in [0.3, 0.4) is 0 Å². The van der Waals surface area contributed by atoms with Crippen molar-refractivity contribution in [3.63, 3.8) is 0 Å². The lowest BCUT2D eigenvalue weighted by Crippen LogP contribution is -2.30. The number of rotatable bonds is 73. The zero-order valence-electron chi connectivity index (χ0n) is 62.8. The fourth-order valence-electron chi connectivity index (χ4n) is 10.2. The van der Waals surface area contributed by atoms with Gasteiger partial charge in [-0.05, 0) is 128 Å². The highest BCUT2D eigenvalue weighted by atomic mass is 31.2. The van der Waals surface area contributed by atoms with Crippen molar-refractivity contribution >= 4 is 39.5 Å². The van der Waals surface area contributed by atoms with Gasteiger partial charge in [-0.3, -0.25) is 37.3 Å². The summed E-state index contributed by atoms with van der Waals surface area (Å²) in [4.78, 5) is 72.8. The maximum absolute atomic E-state index is 13.1. The van der Waals surface area contributed by atoms with Crippen LogP contribution in [-0.2, 0) is 65.4 Å². The molecule has 0 aliphatic heterocycles. The molecule has 0 heterocycles. The number of allylic oxidation sites excluding steroid dienone is 18. The second kappa shape index (κ2) is 73.0. The summed E-state index contributed by atoms with van der Waals surface area (Å²) in [5.41, 5.74) is 0. The van der Waals surface area contributed by atoms with E-state index in [1.54, 1.807) is 0 Å². The molecule has 0 bridgehead atoms. The lowest BCUT2D eigenvalue weighted by Gasteiger charge is -2.21. The molecule has 3 N–H and O–H groups in total. The van der Waals surface area contributed by atoms with Crippen LogP contribution in [0.2, 0.25) is 0 Å². The maximum atomic E-state index is 13.1. The standard InChI is InChI=1S/C81H140O17P2/c1-5-9-13-17-21-25-29-33-35-37-39-43-45-49-53-57-61-65-78(83)91-71-76(97-80(85)67-63-59-55-51-47-41-31-27-23-19-15-11-7-3)73-95-99(87,88)93-69-75(82)70-94-100(89,90)96-74-77(98-81(86)68-64-60-56-52-48-42-32-28-24-20-16-12-8-4)72-92-79(84)66-62-58-54-50-46-44-40-38-36-34-30-26-22-18-14-10-6-2/h21-22,25-27,31,33-36,39-40,43-44,49-50,53-54,75-77,82H,5-20,23-24,28-30,32,37-38,41-42,45-48,51-52,55-74H2,1-4H3,(H,87,88)(H,89,90)/b25-21-,26-22-,31-27-,35-33-,36-34-,43-39-,44-40-,53-49-,54-50-/t75-,76-,77-/m1/s1. The van der Waals surface area contributed by atoms with Crippen LogP contribution in [-0.4, -0.2) is 96.7 Å². The Balaban J connectivity index is 5.42. The van der Waals surface area contributed by atoms with E-state index in [2.05, 4.69) is 113 Å². The highest BCUT2D eigenvalue weighted by Gasteiger charge is 2.30. The van der Waals surface area contributed by atoms with Crippen molar-refractivity contribution in [2.75, 3.05) is 39.6 Å². The zero-order valence-corrected chi connectivity index (χ0v) is 64.6. The second-order valence-corrected chi connectivity index (χ2v) is 28.9. The summed E-state index contributed by atoms with van der Waals surface area (Å²) < 4.78 is 68.4. The molecule has 576 valence electrons. The van der Waals surface area contributed by atoms with Crippen molar-refractivity contribution in [2.45, 2.75) is 341 Å². The number of esters is 4. The van der Waals surface area contributed by atoms with E-state index in [9.17, 15) is 43.2 Å². The molecule has 0 amide bonds. The Kier molecular flexibility index (Phi) is 69.9. The molecule has 0 aliphatic carbocycles. The highest BCUT2D eigenvalue weighted by Crippen LogP contribution is 2.45. The number of aliphatic hydroxyl groups is 1. The third kappa shape index (κ3) is 72.1. The summed E-state index contributed by atoms with van der Waals surface area (Å²) in [6.45, 7) is 4.69. The third-order valence-corrected chi connectivity index (χ3v) is 18.1. The number of ether oxygens (including phenoxy) is 4. The Bertz CT molecular complexity index is 2320. The minimum absolute atomic E-state index is 0.0716. The largest absolute Gasteiger partial charge is 0.472 e. The van der Waals surface area contributed by atoms with E-state index in [0.717, 1.165) is 116 Å². The SMILES string of the molecule is CCCCC/C=C\C/C=C\C/C=C\C/C=C\CCCC(=O)OC[C@H](COP(=O)(O)OC[C@@H](O)COP(=O)(O)OC[C@@H](COC(=O)CCC/C=C\C/C=C\C/C=C\C/C=C\CCCCC)OC(=O)CCCCCCCCCCCCCCC)OC(=O)CCCCCCC/C=C\CCCCCC. The summed E-state index contributed by atoms with van der Waals surface area (Å²) in [6, 6.07) is 0. The van der Waals surface area contributed by atoms with Gasteiger partial charge in [0.25, 0.3) is 0 Å². The first-order chi connectivity index (χ1) is 48.7. The van der Waals surface area contributed by atoms with Crippen LogP contribution in [0.4, 0.5) is 0 Å². The first kappa shape index (κ1) is 95.7. The van der Waals surface area contributed by atoms with E-state index in [1.165, 1.54) is 116 Å². The molecule has 0 rings (SSSR count). The molecular formula is C81H140O17P2. The molecule has 0 aromatic rings. The van der Waals surface area contributed by atoms with Gasteiger partial charge in [-0.2, -0.15) is 0 Å². The molecule has 100 heavy (non-hydrogen) atoms. The van der Waals surface area contributed by atoms with Crippen molar-refractivity contribution in [2.24, 2.45) is 0 Å². The summed E-state index contributed by atoms with van der Waals surface area (Å²) >= 11 is 0. The quantitative estimate of drug-likeness (QED) is 0.0169. The Morgan fingerprint density at radius 3 is 0.820 bits per heavy atom. The van der Waals surface area contributed by atoms with E-state index in [-0.39, 0.29) is 25.7 Å². The van der Waals surface area contributed by atoms with Crippen molar-refractivity contribution in [3.8, 4) is 0 Å². The van der Waals surface area contributed by atoms with Gasteiger partial charge in [0.15, 0.2) is 12.2 Å². The van der Waals surface area contributed by atoms with Crippen LogP contribution in [0, 0.1) is 0 Å². The lowest BCUT2D eigenvalue weighted by atomic mass is 10.0. The van der Waals surface area contributed by atoms with Gasteiger partial charge in [-0.15, -0.1) is 0 Å². The molecule has 17 nitrogen and oxygen atoms in total. The Morgan fingerprint density at radius 1 is 0.280 bits per heavy atom. The van der Waals surface area contributed by atoms with Gasteiger partial charge in [-0.1, -0.05) is 278 Å². The van der Waals surface area contributed by atoms with E-state index in [0.29, 0.717) is 38.5 Å². The van der Waals surface area contributed by atoms with Crippen molar-refractivity contribution in [3.05, 3.63) is 109 Å². The number of carbonyl (C=O) groups excluding carboxylic acids is 4. The normalized spacial score (nSPS) is 14.5. The summed E-state index contributed by atoms with van der Waals surface area (Å²) in [5.74, 6) is -2.30. The monoisotopic (exact) mass is 1450 g/mol. The third-order valence-electron chi connectivity index (χ3n) is 16.2. The van der Waals surface area contributed by atoms with Crippen molar-refractivity contribution < 1.29 is 80.2 Å². The number of phosphoric acid groups is 2. The molecule has 19 heteroatoms. The predicted molar refractivity (Wildman–Crippen MR) is 408 cm³/mol. The highest BCUT2D eigenvalue weighted by molar-refractivity contribution is 7.47. The minimum atomic E-state index is -4.99. The number of phosphoric ester groups is 2. The number of hydrogen-bond donors (Lipinski definition) is 3. The summed E-state index contributed by atoms with van der Waals surface area (Å²) in [5, 5.41) is 10.6. The molecule has 0 spiro atoms. The van der Waals surface area contributed by atoms with E-state index >= 15 is 0 Å². The smallest absolute Gasteiger partial charge is 0.462 e. The van der Waals surface area contributed by atoms with Gasteiger partial charge in [0.2, 0.25) is 0 Å². The first-order valence-electron chi connectivity index (χ1n) is 39.1. The van der Waals surface area contributed by atoms with Gasteiger partial charge in [0.05, 0.1) is 26.4 Å². The van der Waals surface area contributed by atoms with E-state index in [1.807, 2.05) is 24.3 Å². The summed E-state index contributed by atoms with van der Waals surface area (Å²) in [7, 11) is -9.98. The molecule has 5 atom stereocenters. The Morgan fingerprint density at radius 2 is 0.500 bits per heavy atom. The lowest BCUT2D eigenvalue weighted by molar-refractivity contribution is -0.161. The van der Waals surface area contributed by atoms with Crippen molar-refractivity contribution in [1.82, 2.24) is 0 Å². The number of hydrogen-bond acceptors (Lipinski definition) is 15. The average molecular weight is 1450 g/mol. The van der Waals surface area contributed by atoms with E-state index in [4.69, 9.17) is 37.0 Å². The molecule has 0 fully saturated rings. The van der Waals surface area contributed by atoms with Gasteiger partial charge < -0.3 is 33.8 Å². The van der Waals surface area contributed by atoms with Crippen LogP contribution in [0.5, 0.6) is 0 Å². The molecule has 0 saturated carbocycles. The second-order valence-electron chi connectivity index (χ2n) is 25.9. The maximum Gasteiger partial charge on any atom is 0.472 e. The molecular weight excluding hydrogens is 1310 g/mol. The summed E-state index contributed by atoms with van der Waals surface area (Å²) in [6.07, 6.45) is 78.0. The van der Waals surface area contributed by atoms with Crippen LogP contribution in [0.1, 0.15) is 323 Å². The Labute approximate surface area is 607 Å². The average Bonchev–Trinajstić information content (AvgIpc) is 0.943. The van der Waals surface area contributed by atoms with Crippen LogP contribution in [0.25, 0.3) is 0 Å². The number of carbonyl (C=O) groups is 4. The minimum Gasteiger partial charge on any atom is -0.462 e. The van der Waals surface area contributed by atoms with Gasteiger partial charge >= 0.3 is 39.5 Å².